The van der Waals surface area contributed by atoms with Gasteiger partial charge >= 0.3 is 0 Å². The van der Waals surface area contributed by atoms with Gasteiger partial charge < -0.3 is 10.1 Å². The summed E-state index contributed by atoms with van der Waals surface area (Å²) in [6.45, 7) is 0.717. The van der Waals surface area contributed by atoms with Gasteiger partial charge in [-0.05, 0) is 12.8 Å². The van der Waals surface area contributed by atoms with Gasteiger partial charge in [0.05, 0.1) is 22.2 Å². The van der Waals surface area contributed by atoms with E-state index in [9.17, 15) is 0 Å². The van der Waals surface area contributed by atoms with Gasteiger partial charge in [0, 0.05) is 26.5 Å². The van der Waals surface area contributed by atoms with E-state index in [1.165, 1.54) is 23.4 Å². The van der Waals surface area contributed by atoms with E-state index < -0.39 is 0 Å². The second kappa shape index (κ2) is 5.52. The normalized spacial score (nSPS) is 14.8. The van der Waals surface area contributed by atoms with Crippen molar-refractivity contribution in [3.8, 4) is 9.88 Å². The Hall–Kier alpha value is -1.05. The van der Waals surface area contributed by atoms with E-state index in [0.29, 0.717) is 5.92 Å². The molecule has 1 N–H and O–H groups in total. The lowest BCUT2D eigenvalue weighted by atomic mass is 10.2. The van der Waals surface area contributed by atoms with Crippen LogP contribution in [0.5, 0.6) is 0 Å². The van der Waals surface area contributed by atoms with Crippen LogP contribution in [0.1, 0.15) is 29.5 Å². The molecule has 2 aromatic heterocycles. The monoisotopic (exact) mass is 296 g/mol. The van der Waals surface area contributed by atoms with Crippen molar-refractivity contribution in [2.75, 3.05) is 26.1 Å². The van der Waals surface area contributed by atoms with Gasteiger partial charge in [-0.1, -0.05) is 11.3 Å². The maximum atomic E-state index is 5.13. The Labute approximate surface area is 120 Å². The second-order valence-corrected chi connectivity index (χ2v) is 6.56. The van der Waals surface area contributed by atoms with Gasteiger partial charge in [0.1, 0.15) is 0 Å². The Bertz CT molecular complexity index is 562. The maximum Gasteiger partial charge on any atom is 0.205 e. The highest BCUT2D eigenvalue weighted by Gasteiger charge is 2.31. The third kappa shape index (κ3) is 2.77. The molecule has 0 amide bonds. The van der Waals surface area contributed by atoms with Crippen LogP contribution < -0.4 is 5.32 Å². The van der Waals surface area contributed by atoms with Crippen LogP contribution in [0.25, 0.3) is 9.88 Å². The van der Waals surface area contributed by atoms with E-state index in [-0.39, 0.29) is 0 Å². The van der Waals surface area contributed by atoms with Crippen LogP contribution >= 0.6 is 22.7 Å². The first-order valence-electron chi connectivity index (χ1n) is 6.32. The van der Waals surface area contributed by atoms with Gasteiger partial charge in [-0.25, -0.2) is 4.98 Å². The van der Waals surface area contributed by atoms with Gasteiger partial charge in [0.25, 0.3) is 0 Å². The summed E-state index contributed by atoms with van der Waals surface area (Å²) in [7, 11) is 3.59. The quantitative estimate of drug-likeness (QED) is 0.888. The summed E-state index contributed by atoms with van der Waals surface area (Å²) in [5.74, 6) is 0.629. The summed E-state index contributed by atoms with van der Waals surface area (Å²) >= 11 is 3.32. The van der Waals surface area contributed by atoms with Crippen LogP contribution in [0.2, 0.25) is 0 Å². The number of nitrogens with one attached hydrogen (secondary N) is 1. The van der Waals surface area contributed by atoms with Gasteiger partial charge in [-0.15, -0.1) is 21.5 Å². The zero-order chi connectivity index (χ0) is 13.2. The van der Waals surface area contributed by atoms with Gasteiger partial charge in [-0.2, -0.15) is 0 Å². The largest absolute Gasteiger partial charge is 0.384 e. The zero-order valence-electron chi connectivity index (χ0n) is 11.0. The lowest BCUT2D eigenvalue weighted by Crippen LogP contribution is -1.93. The number of aromatic nitrogens is 3. The highest BCUT2D eigenvalue weighted by molar-refractivity contribution is 7.23. The Morgan fingerprint density at radius 3 is 2.79 bits per heavy atom. The summed E-state index contributed by atoms with van der Waals surface area (Å²) in [6, 6.07) is 0. The Morgan fingerprint density at radius 2 is 2.16 bits per heavy atom. The molecule has 102 valence electrons. The summed E-state index contributed by atoms with van der Waals surface area (Å²) in [6.07, 6.45) is 3.37. The minimum absolute atomic E-state index is 0.629. The molecule has 5 nitrogen and oxygen atoms in total. The first kappa shape index (κ1) is 13.0. The molecule has 19 heavy (non-hydrogen) atoms. The Morgan fingerprint density at radius 1 is 1.32 bits per heavy atom. The number of anilines is 1. The molecule has 0 atom stereocenters. The predicted octanol–water partition coefficient (Wildman–Crippen LogP) is 2.77. The topological polar surface area (TPSA) is 59.9 Å². The molecule has 1 saturated carbocycles. The smallest absolute Gasteiger partial charge is 0.205 e. The fraction of sp³-hybridized carbons (Fsp3) is 0.583. The van der Waals surface area contributed by atoms with E-state index in [4.69, 9.17) is 9.72 Å². The van der Waals surface area contributed by atoms with Crippen molar-refractivity contribution in [2.45, 2.75) is 25.2 Å². The van der Waals surface area contributed by atoms with Gasteiger partial charge in [0.15, 0.2) is 5.01 Å². The molecule has 0 spiro atoms. The fourth-order valence-corrected chi connectivity index (χ4v) is 3.78. The molecule has 0 radical (unpaired) electrons. The highest BCUT2D eigenvalue weighted by atomic mass is 32.1. The molecule has 0 saturated heterocycles. The number of hydrogen-bond acceptors (Lipinski definition) is 7. The van der Waals surface area contributed by atoms with E-state index in [2.05, 4.69) is 15.5 Å². The zero-order valence-corrected chi connectivity index (χ0v) is 12.6. The molecule has 7 heteroatoms. The lowest BCUT2D eigenvalue weighted by Gasteiger charge is -1.94. The third-order valence-corrected chi connectivity index (χ3v) is 5.24. The molecule has 2 aromatic rings. The number of nitrogens with zero attached hydrogens (tertiary/aromatic N) is 3. The average Bonchev–Trinajstić information content (AvgIpc) is 3.02. The molecule has 0 aliphatic heterocycles. The van der Waals surface area contributed by atoms with Crippen molar-refractivity contribution in [3.63, 3.8) is 0 Å². The molecule has 2 heterocycles. The summed E-state index contributed by atoms with van der Waals surface area (Å²) in [5.41, 5.74) is 1.22. The average molecular weight is 296 g/mol. The number of rotatable bonds is 6. The van der Waals surface area contributed by atoms with Crippen LogP contribution in [0.3, 0.4) is 0 Å². The number of ether oxygens (including phenoxy) is 1. The summed E-state index contributed by atoms with van der Waals surface area (Å²) in [5, 5.41) is 14.4. The van der Waals surface area contributed by atoms with Gasteiger partial charge in [-0.3, -0.25) is 0 Å². The Balaban J connectivity index is 1.91. The van der Waals surface area contributed by atoms with Crippen LogP contribution in [0.4, 0.5) is 5.13 Å². The second-order valence-electron chi connectivity index (χ2n) is 4.50. The first-order valence-corrected chi connectivity index (χ1v) is 7.95. The van der Waals surface area contributed by atoms with Crippen molar-refractivity contribution in [1.82, 2.24) is 15.2 Å². The summed E-state index contributed by atoms with van der Waals surface area (Å²) in [4.78, 5) is 5.98. The van der Waals surface area contributed by atoms with Crippen LogP contribution in [0, 0.1) is 0 Å². The molecule has 0 unspecified atom stereocenters. The Kier molecular flexibility index (Phi) is 3.76. The number of thiazole rings is 1. The minimum Gasteiger partial charge on any atom is -0.384 e. The molecular formula is C12H16N4OS2. The van der Waals surface area contributed by atoms with Gasteiger partial charge in [0.2, 0.25) is 5.13 Å². The molecule has 3 rings (SSSR count). The van der Waals surface area contributed by atoms with E-state index in [0.717, 1.165) is 28.2 Å². The molecule has 1 fully saturated rings. The predicted molar refractivity (Wildman–Crippen MR) is 78.1 cm³/mol. The fourth-order valence-electron chi connectivity index (χ4n) is 1.88. The third-order valence-electron chi connectivity index (χ3n) is 3.01. The molecular weight excluding hydrogens is 280 g/mol. The van der Waals surface area contributed by atoms with Crippen LogP contribution in [0.15, 0.2) is 0 Å². The first-order chi connectivity index (χ1) is 9.31. The van der Waals surface area contributed by atoms with Crippen LogP contribution in [-0.2, 0) is 11.2 Å². The SMILES string of the molecule is CNc1nnc(-c2sc(CCOC)nc2C2CC2)s1. The number of methoxy groups -OCH3 is 1. The number of hydrogen-bond donors (Lipinski definition) is 1. The minimum atomic E-state index is 0.629. The van der Waals surface area contributed by atoms with Crippen LogP contribution in [-0.4, -0.2) is 35.9 Å². The van der Waals surface area contributed by atoms with Crippen molar-refractivity contribution < 1.29 is 4.74 Å². The van der Waals surface area contributed by atoms with Crippen molar-refractivity contribution in [1.29, 1.82) is 0 Å². The summed E-state index contributed by atoms with van der Waals surface area (Å²) < 4.78 is 5.13. The molecule has 0 bridgehead atoms. The standard InChI is InChI=1S/C12H16N4OS2/c1-13-12-16-15-11(19-12)10-9(7-3-4-7)14-8(18-10)5-6-17-2/h7H,3-6H2,1-2H3,(H,13,16). The molecule has 1 aliphatic carbocycles. The van der Waals surface area contributed by atoms with E-state index in [1.807, 2.05) is 7.05 Å². The van der Waals surface area contributed by atoms with E-state index >= 15 is 0 Å². The highest BCUT2D eigenvalue weighted by Crippen LogP contribution is 2.46. The van der Waals surface area contributed by atoms with Crippen molar-refractivity contribution in [2.24, 2.45) is 0 Å². The van der Waals surface area contributed by atoms with Crippen molar-refractivity contribution in [3.05, 3.63) is 10.7 Å². The molecule has 1 aliphatic rings. The molecule has 0 aromatic carbocycles. The van der Waals surface area contributed by atoms with E-state index in [1.54, 1.807) is 29.8 Å². The lowest BCUT2D eigenvalue weighted by molar-refractivity contribution is 0.202. The van der Waals surface area contributed by atoms with Crippen molar-refractivity contribution >= 4 is 27.8 Å². The maximum absolute atomic E-state index is 5.13.